The largest absolute Gasteiger partial charge is 0.380 e. The number of ether oxygens (including phenoxy) is 3. The molecule has 6 fully saturated rings. The number of aromatic nitrogens is 2. The highest BCUT2D eigenvalue weighted by atomic mass is 19.2. The highest BCUT2D eigenvalue weighted by Crippen LogP contribution is 2.54. The summed E-state index contributed by atoms with van der Waals surface area (Å²) in [5, 5.41) is 21.1. The zero-order chi connectivity index (χ0) is 73.3. The number of barbiturate groups is 3. The van der Waals surface area contributed by atoms with Crippen molar-refractivity contribution in [1.29, 1.82) is 0 Å². The predicted octanol–water partition coefficient (Wildman–Crippen LogP) is 4.50. The monoisotopic (exact) mass is 1410 g/mol. The highest BCUT2D eigenvalue weighted by molar-refractivity contribution is 6.22. The number of benzene rings is 3. The SMILES string of the molecule is CO[C@H]1C[C@@H](C)[C@H]2N(C1)c1c(cc(C(C)=O)c(F)c1F)CC21C(=O)NC(=O)NC1=O.Cc1onc(-c2cc(F)c3c(c2)CC2(C(=O)NC(=O)NC2=O)[C@H]2[C@H](C)O[C@H](CN(C)C)CN32)c1C.Cc1onc(-c2cc3c(c(F)c2F)N2C[C@@H](CN(C)C)O[C@@H](C)[C@@H]2C2(C3)C(=O)NC(=O)NC2=O)c1C. The number of urea groups is 3. The van der Waals surface area contributed by atoms with Gasteiger partial charge in [0.05, 0.1) is 71.3 Å². The number of morpholine rings is 2. The fourth-order valence-corrected chi connectivity index (χ4v) is 16.7. The first kappa shape index (κ1) is 71.3. The first-order valence-electron chi connectivity index (χ1n) is 32.7. The molecule has 0 radical (unpaired) electrons. The van der Waals surface area contributed by atoms with E-state index < -0.39 is 147 Å². The number of methoxy groups -OCH3 is 1. The van der Waals surface area contributed by atoms with Crippen molar-refractivity contribution in [2.24, 2.45) is 22.2 Å². The number of anilines is 3. The van der Waals surface area contributed by atoms with Crippen LogP contribution in [-0.4, -0.2) is 196 Å². The first-order valence-corrected chi connectivity index (χ1v) is 32.7. The number of aryl methyl sites for hydroxylation is 2. The van der Waals surface area contributed by atoms with Gasteiger partial charge in [0, 0.05) is 74.9 Å². The maximum absolute atomic E-state index is 15.9. The van der Waals surface area contributed by atoms with Gasteiger partial charge in [-0.25, -0.2) is 36.3 Å². The normalized spacial score (nSPS) is 25.8. The molecule has 6 saturated heterocycles. The summed E-state index contributed by atoms with van der Waals surface area (Å²) < 4.78 is 105. The summed E-state index contributed by atoms with van der Waals surface area (Å²) in [7, 11) is 9.03. The molecule has 9 atom stereocenters. The number of hydrogen-bond acceptors (Lipinski definition) is 22. The van der Waals surface area contributed by atoms with Crippen molar-refractivity contribution in [1.82, 2.24) is 52.0 Å². The minimum Gasteiger partial charge on any atom is -0.380 e. The molecule has 0 bridgehead atoms. The highest BCUT2D eigenvalue weighted by Gasteiger charge is 2.67. The number of piperidine rings is 1. The van der Waals surface area contributed by atoms with E-state index in [1.807, 2.05) is 44.9 Å². The Balaban J connectivity index is 0.000000144. The molecule has 33 heteroatoms. The Morgan fingerprint density at radius 3 is 1.36 bits per heavy atom. The van der Waals surface area contributed by atoms with Gasteiger partial charge in [0.1, 0.15) is 28.7 Å². The molecule has 101 heavy (non-hydrogen) atoms. The van der Waals surface area contributed by atoms with Crippen LogP contribution in [0, 0.1) is 78.9 Å². The standard InChI is InChI=1S/C24H27F2N5O5.C24H28FN5O5.C20H21F2N3O5/c1-10-11(2)36-29-18(10)15-6-13-7-24(21(32)27-23(34)28-22(24)33)20-12(3)35-14(8-30(4)5)9-31(20)19(13)17(26)16(15)25;1-11-12(2)35-28-18(11)14-6-15-8-24(21(31)26-23(33)27-22(24)32)20-13(3)34-16(9-29(4)5)10-30(20)19(15)17(25)7-14;1-8-4-11(30-3)7-25-15-10(5-12(9(2)26)13(21)14(15)22)6-20(16(8)25)17(27)23-19(29)24-18(20)28/h6,12,14,20H,7-9H2,1-5H3,(H2,27,28,32,33,34);6-7,13,16,20H,8-10H2,1-5H3,(H2,26,27,31,32,33);5,8,11,16H,4,6-7H2,1-3H3,(H2,23,24,27,28,29)/t12-,14+,20+;13-,16+,20+;8-,11+,16-/m001/s1. The zero-order valence-electron chi connectivity index (χ0n) is 57.5. The number of carbonyl (C=O) groups is 10. The molecule has 0 aliphatic carbocycles. The molecule has 3 spiro atoms. The summed E-state index contributed by atoms with van der Waals surface area (Å²) >= 11 is 0. The van der Waals surface area contributed by atoms with Gasteiger partial charge in [0.15, 0.2) is 45.3 Å². The Labute approximate surface area is 574 Å². The van der Waals surface area contributed by atoms with Gasteiger partial charge in [-0.1, -0.05) is 17.2 Å². The third-order valence-corrected chi connectivity index (χ3v) is 21.0. The lowest BCUT2D eigenvalue weighted by Crippen LogP contribution is -2.75. The Morgan fingerprint density at radius 2 is 0.941 bits per heavy atom. The van der Waals surface area contributed by atoms with E-state index >= 15 is 17.6 Å². The minimum atomic E-state index is -1.81. The smallest absolute Gasteiger partial charge is 0.328 e. The fourth-order valence-electron chi connectivity index (χ4n) is 16.7. The number of nitrogens with zero attached hydrogens (tertiary/aromatic N) is 7. The molecule has 6 N–H and O–H groups in total. The summed E-state index contributed by atoms with van der Waals surface area (Å²) in [5.74, 6) is -9.73. The predicted molar refractivity (Wildman–Crippen MR) is 346 cm³/mol. The number of halogens is 5. The number of hydrogen-bond donors (Lipinski definition) is 6. The zero-order valence-corrected chi connectivity index (χ0v) is 57.5. The van der Waals surface area contributed by atoms with E-state index in [4.69, 9.17) is 23.3 Å². The molecule has 3 aromatic carbocycles. The average molecular weight is 1410 g/mol. The second kappa shape index (κ2) is 26.1. The lowest BCUT2D eigenvalue weighted by Gasteiger charge is -2.55. The molecule has 14 rings (SSSR count). The lowest BCUT2D eigenvalue weighted by molar-refractivity contribution is -0.155. The summed E-state index contributed by atoms with van der Waals surface area (Å²) in [5.41, 5.74) is -2.27. The van der Waals surface area contributed by atoms with Gasteiger partial charge in [-0.05, 0) is 136 Å². The van der Waals surface area contributed by atoms with Crippen LogP contribution < -0.4 is 46.6 Å². The molecule has 28 nitrogen and oxygen atoms in total. The second-order valence-corrected chi connectivity index (χ2v) is 28.0. The summed E-state index contributed by atoms with van der Waals surface area (Å²) in [6.07, 6.45) is -2.49. The van der Waals surface area contributed by atoms with E-state index in [9.17, 15) is 52.3 Å². The van der Waals surface area contributed by atoms with Crippen molar-refractivity contribution in [3.8, 4) is 22.5 Å². The number of nitrogens with one attached hydrogen (secondary N) is 6. The summed E-state index contributed by atoms with van der Waals surface area (Å²) in [4.78, 5) is 135. The van der Waals surface area contributed by atoms with Crippen LogP contribution in [0.5, 0.6) is 0 Å². The first-order chi connectivity index (χ1) is 47.6. The number of fused-ring (bicyclic) bond motifs is 12. The van der Waals surface area contributed by atoms with Crippen LogP contribution >= 0.6 is 0 Å². The number of rotatable bonds is 8. The summed E-state index contributed by atoms with van der Waals surface area (Å²) in [6, 6.07) is 0.407. The number of Topliss-reactive ketones (excluding diaryl/α,β-unsaturated/α-hetero) is 1. The van der Waals surface area contributed by atoms with Crippen molar-refractivity contribution in [2.45, 2.75) is 130 Å². The molecular formula is C68H76F5N13O15. The van der Waals surface area contributed by atoms with Crippen molar-refractivity contribution in [3.63, 3.8) is 0 Å². The average Bonchev–Trinajstić information content (AvgIpc) is 0.759. The Hall–Kier alpha value is -9.57. The van der Waals surface area contributed by atoms with Crippen LogP contribution in [0.4, 0.5) is 53.4 Å². The van der Waals surface area contributed by atoms with E-state index in [-0.39, 0.29) is 90.8 Å². The van der Waals surface area contributed by atoms with Crippen LogP contribution in [-0.2, 0) is 62.2 Å². The quantitative estimate of drug-likeness (QED) is 0.0707. The van der Waals surface area contributed by atoms with Crippen molar-refractivity contribution in [2.75, 3.05) is 82.7 Å². The number of carbonyl (C=O) groups excluding carboxylic acids is 10. The van der Waals surface area contributed by atoms with E-state index in [0.717, 1.165) is 12.5 Å². The van der Waals surface area contributed by atoms with Gasteiger partial charge >= 0.3 is 18.1 Å². The van der Waals surface area contributed by atoms with E-state index in [1.54, 1.807) is 57.4 Å². The van der Waals surface area contributed by atoms with E-state index in [2.05, 4.69) is 42.2 Å². The number of ketones is 1. The minimum absolute atomic E-state index is 0.0267. The third-order valence-electron chi connectivity index (χ3n) is 21.0. The van der Waals surface area contributed by atoms with E-state index in [1.165, 1.54) is 30.2 Å². The maximum Gasteiger partial charge on any atom is 0.328 e. The topological polar surface area (TPSA) is 339 Å². The van der Waals surface area contributed by atoms with Gasteiger partial charge in [0.2, 0.25) is 35.4 Å². The molecular weight excluding hydrogens is 1330 g/mol. The molecule has 538 valence electrons. The Kier molecular flexibility index (Phi) is 18.4. The van der Waals surface area contributed by atoms with Crippen molar-refractivity contribution >= 4 is 76.4 Å². The number of imide groups is 6. The van der Waals surface area contributed by atoms with E-state index in [0.29, 0.717) is 59.1 Å². The Bertz CT molecular complexity index is 4330. The molecule has 9 aliphatic rings. The van der Waals surface area contributed by atoms with Crippen molar-refractivity contribution in [3.05, 3.63) is 98.3 Å². The molecule has 9 aliphatic heterocycles. The van der Waals surface area contributed by atoms with Gasteiger partial charge in [0.25, 0.3) is 0 Å². The molecule has 11 heterocycles. The molecule has 0 saturated carbocycles. The molecule has 0 unspecified atom stereocenters. The number of likely N-dealkylation sites (N-methyl/N-ethyl adjacent to an activating group) is 2. The van der Waals surface area contributed by atoms with Gasteiger partial charge < -0.3 is 47.8 Å². The van der Waals surface area contributed by atoms with Gasteiger partial charge in [-0.2, -0.15) is 0 Å². The van der Waals surface area contributed by atoms with Gasteiger partial charge in [-0.3, -0.25) is 65.5 Å². The van der Waals surface area contributed by atoms with Crippen LogP contribution in [0.25, 0.3) is 22.5 Å². The maximum atomic E-state index is 15.9. The summed E-state index contributed by atoms with van der Waals surface area (Å²) in [6.45, 7) is 14.9. The lowest BCUT2D eigenvalue weighted by atomic mass is 9.63. The fraction of sp³-hybridized carbons (Fsp3) is 0.500. The molecule has 12 amide bonds. The van der Waals surface area contributed by atoms with Crippen molar-refractivity contribution < 1.29 is 93.2 Å². The third kappa shape index (κ3) is 11.6. The van der Waals surface area contributed by atoms with Crippen LogP contribution in [0.1, 0.15) is 83.8 Å². The molecule has 2 aromatic heterocycles. The molecule has 5 aromatic rings. The number of amides is 12. The van der Waals surface area contributed by atoms with Crippen LogP contribution in [0.15, 0.2) is 33.3 Å². The van der Waals surface area contributed by atoms with Gasteiger partial charge in [-0.15, -0.1) is 0 Å². The van der Waals surface area contributed by atoms with Crippen LogP contribution in [0.2, 0.25) is 0 Å². The van der Waals surface area contributed by atoms with Crippen LogP contribution in [0.3, 0.4) is 0 Å². The Morgan fingerprint density at radius 1 is 0.545 bits per heavy atom. The second-order valence-electron chi connectivity index (χ2n) is 28.0.